The summed E-state index contributed by atoms with van der Waals surface area (Å²) in [5.74, 6) is 1.25. The Morgan fingerprint density at radius 3 is 2.46 bits per heavy atom. The van der Waals surface area contributed by atoms with Crippen molar-refractivity contribution < 1.29 is 13.9 Å². The number of carbonyl (C=O) groups is 1. The highest BCUT2D eigenvalue weighted by molar-refractivity contribution is 5.93. The van der Waals surface area contributed by atoms with E-state index in [1.165, 1.54) is 37.8 Å². The van der Waals surface area contributed by atoms with Gasteiger partial charge in [0.15, 0.2) is 0 Å². The standard InChI is InChI=1S/C22H28FN3O2/c1-25(13-6-16-28-20-10-8-19(23)9-11-20)22(27)18-7-12-21(24-17-18)26-14-4-2-3-5-15-26/h7-12,17H,2-6,13-16H2,1H3. The zero-order valence-electron chi connectivity index (χ0n) is 16.4. The third-order valence-electron chi connectivity index (χ3n) is 4.99. The Balaban J connectivity index is 1.45. The normalized spacial score (nSPS) is 14.4. The number of amides is 1. The van der Waals surface area contributed by atoms with Crippen molar-refractivity contribution in [1.29, 1.82) is 0 Å². The Morgan fingerprint density at radius 1 is 1.11 bits per heavy atom. The van der Waals surface area contributed by atoms with Crippen LogP contribution in [0, 0.1) is 5.82 Å². The largest absolute Gasteiger partial charge is 0.494 e. The third kappa shape index (κ3) is 5.68. The zero-order valence-corrected chi connectivity index (χ0v) is 16.4. The molecule has 0 saturated carbocycles. The molecule has 150 valence electrons. The second-order valence-electron chi connectivity index (χ2n) is 7.19. The van der Waals surface area contributed by atoms with Gasteiger partial charge in [0.25, 0.3) is 5.91 Å². The van der Waals surface area contributed by atoms with Crippen LogP contribution in [0.2, 0.25) is 0 Å². The molecule has 1 fully saturated rings. The fourth-order valence-electron chi connectivity index (χ4n) is 3.34. The van der Waals surface area contributed by atoms with Gasteiger partial charge in [-0.2, -0.15) is 0 Å². The number of aromatic nitrogens is 1. The lowest BCUT2D eigenvalue weighted by Crippen LogP contribution is -2.29. The highest BCUT2D eigenvalue weighted by Crippen LogP contribution is 2.18. The minimum atomic E-state index is -0.284. The van der Waals surface area contributed by atoms with E-state index in [2.05, 4.69) is 9.88 Å². The molecule has 0 unspecified atom stereocenters. The molecule has 5 nitrogen and oxygen atoms in total. The molecule has 0 aliphatic carbocycles. The SMILES string of the molecule is CN(CCCOc1ccc(F)cc1)C(=O)c1ccc(N2CCCCCC2)nc1. The van der Waals surface area contributed by atoms with Gasteiger partial charge in [0.1, 0.15) is 17.4 Å². The van der Waals surface area contributed by atoms with E-state index in [1.54, 1.807) is 30.3 Å². The Bertz CT molecular complexity index is 741. The molecule has 1 aromatic carbocycles. The van der Waals surface area contributed by atoms with E-state index in [1.807, 2.05) is 12.1 Å². The first-order chi connectivity index (χ1) is 13.6. The highest BCUT2D eigenvalue weighted by Gasteiger charge is 2.14. The first-order valence-electron chi connectivity index (χ1n) is 9.98. The summed E-state index contributed by atoms with van der Waals surface area (Å²) in [6.45, 7) is 3.12. The van der Waals surface area contributed by atoms with Gasteiger partial charge in [0, 0.05) is 32.9 Å². The van der Waals surface area contributed by atoms with Crippen LogP contribution in [0.15, 0.2) is 42.6 Å². The van der Waals surface area contributed by atoms with Gasteiger partial charge in [0.2, 0.25) is 0 Å². The van der Waals surface area contributed by atoms with Crippen molar-refractivity contribution in [3.05, 3.63) is 54.0 Å². The van der Waals surface area contributed by atoms with Crippen molar-refractivity contribution >= 4 is 11.7 Å². The number of hydrogen-bond acceptors (Lipinski definition) is 4. The molecule has 0 atom stereocenters. The van der Waals surface area contributed by atoms with Crippen molar-refractivity contribution in [3.63, 3.8) is 0 Å². The topological polar surface area (TPSA) is 45.7 Å². The van der Waals surface area contributed by atoms with Crippen LogP contribution < -0.4 is 9.64 Å². The maximum Gasteiger partial charge on any atom is 0.255 e. The summed E-state index contributed by atoms with van der Waals surface area (Å²) in [5, 5.41) is 0. The lowest BCUT2D eigenvalue weighted by Gasteiger charge is -2.22. The Hall–Kier alpha value is -2.63. The average Bonchev–Trinajstić information content (AvgIpc) is 3.01. The number of anilines is 1. The third-order valence-corrected chi connectivity index (χ3v) is 4.99. The van der Waals surface area contributed by atoms with Gasteiger partial charge in [-0.1, -0.05) is 12.8 Å². The molecule has 0 spiro atoms. The lowest BCUT2D eigenvalue weighted by atomic mass is 10.2. The van der Waals surface area contributed by atoms with E-state index in [4.69, 9.17) is 4.74 Å². The summed E-state index contributed by atoms with van der Waals surface area (Å²) in [6.07, 6.45) is 7.33. The van der Waals surface area contributed by atoms with Crippen molar-refractivity contribution in [2.24, 2.45) is 0 Å². The molecule has 1 aliphatic rings. The molecule has 0 N–H and O–H groups in total. The quantitative estimate of drug-likeness (QED) is 0.672. The number of halogens is 1. The van der Waals surface area contributed by atoms with Crippen molar-refractivity contribution in [2.75, 3.05) is 38.2 Å². The van der Waals surface area contributed by atoms with Gasteiger partial charge in [-0.15, -0.1) is 0 Å². The zero-order chi connectivity index (χ0) is 19.8. The Labute approximate surface area is 166 Å². The fraction of sp³-hybridized carbons (Fsp3) is 0.455. The molecule has 6 heteroatoms. The summed E-state index contributed by atoms with van der Waals surface area (Å²) >= 11 is 0. The van der Waals surface area contributed by atoms with Crippen LogP contribution >= 0.6 is 0 Å². The second-order valence-corrected chi connectivity index (χ2v) is 7.19. The lowest BCUT2D eigenvalue weighted by molar-refractivity contribution is 0.0787. The first kappa shape index (κ1) is 20.1. The predicted molar refractivity (Wildman–Crippen MR) is 108 cm³/mol. The van der Waals surface area contributed by atoms with Gasteiger partial charge in [0.05, 0.1) is 12.2 Å². The molecule has 0 radical (unpaired) electrons. The van der Waals surface area contributed by atoms with E-state index in [-0.39, 0.29) is 11.7 Å². The molecular weight excluding hydrogens is 357 g/mol. The summed E-state index contributed by atoms with van der Waals surface area (Å²) < 4.78 is 18.4. The number of nitrogens with zero attached hydrogens (tertiary/aromatic N) is 3. The minimum Gasteiger partial charge on any atom is -0.494 e. The maximum absolute atomic E-state index is 12.9. The predicted octanol–water partition coefficient (Wildman–Crippen LogP) is 4.14. The van der Waals surface area contributed by atoms with Gasteiger partial charge >= 0.3 is 0 Å². The minimum absolute atomic E-state index is 0.0447. The number of rotatable bonds is 7. The summed E-state index contributed by atoms with van der Waals surface area (Å²) in [6, 6.07) is 9.75. The molecule has 1 aliphatic heterocycles. The van der Waals surface area contributed by atoms with Gasteiger partial charge in [-0.3, -0.25) is 4.79 Å². The molecule has 1 amide bonds. The maximum atomic E-state index is 12.9. The summed E-state index contributed by atoms with van der Waals surface area (Å²) in [5.41, 5.74) is 0.598. The summed E-state index contributed by atoms with van der Waals surface area (Å²) in [7, 11) is 1.78. The van der Waals surface area contributed by atoms with E-state index in [0.29, 0.717) is 30.9 Å². The van der Waals surface area contributed by atoms with Crippen LogP contribution in [0.4, 0.5) is 10.2 Å². The molecule has 0 bridgehead atoms. The number of pyridine rings is 1. The molecular formula is C22H28FN3O2. The van der Waals surface area contributed by atoms with Crippen LogP contribution in [0.3, 0.4) is 0 Å². The van der Waals surface area contributed by atoms with Crippen LogP contribution in [-0.4, -0.2) is 49.1 Å². The van der Waals surface area contributed by atoms with Crippen LogP contribution in [0.25, 0.3) is 0 Å². The first-order valence-corrected chi connectivity index (χ1v) is 9.98. The van der Waals surface area contributed by atoms with Crippen LogP contribution in [-0.2, 0) is 0 Å². The number of hydrogen-bond donors (Lipinski definition) is 0. The van der Waals surface area contributed by atoms with E-state index in [0.717, 1.165) is 18.9 Å². The monoisotopic (exact) mass is 385 g/mol. The van der Waals surface area contributed by atoms with Gasteiger partial charge in [-0.25, -0.2) is 9.37 Å². The fourth-order valence-corrected chi connectivity index (χ4v) is 3.34. The molecule has 1 saturated heterocycles. The van der Waals surface area contributed by atoms with E-state index < -0.39 is 0 Å². The van der Waals surface area contributed by atoms with Gasteiger partial charge < -0.3 is 14.5 Å². The Kier molecular flexibility index (Phi) is 7.23. The molecule has 2 aromatic rings. The average molecular weight is 385 g/mol. The van der Waals surface area contributed by atoms with E-state index in [9.17, 15) is 9.18 Å². The van der Waals surface area contributed by atoms with Gasteiger partial charge in [-0.05, 0) is 55.7 Å². The smallest absolute Gasteiger partial charge is 0.255 e. The van der Waals surface area contributed by atoms with E-state index >= 15 is 0 Å². The summed E-state index contributed by atoms with van der Waals surface area (Å²) in [4.78, 5) is 21.1. The van der Waals surface area contributed by atoms with Crippen molar-refractivity contribution in [3.8, 4) is 5.75 Å². The molecule has 28 heavy (non-hydrogen) atoms. The highest BCUT2D eigenvalue weighted by atomic mass is 19.1. The number of ether oxygens (including phenoxy) is 1. The van der Waals surface area contributed by atoms with Crippen molar-refractivity contribution in [1.82, 2.24) is 9.88 Å². The van der Waals surface area contributed by atoms with Crippen LogP contribution in [0.1, 0.15) is 42.5 Å². The number of benzene rings is 1. The second kappa shape index (κ2) is 10.1. The molecule has 1 aromatic heterocycles. The molecule has 2 heterocycles. The number of carbonyl (C=O) groups excluding carboxylic acids is 1. The van der Waals surface area contributed by atoms with Crippen molar-refractivity contribution in [2.45, 2.75) is 32.1 Å². The van der Waals surface area contributed by atoms with Crippen LogP contribution in [0.5, 0.6) is 5.75 Å². The Morgan fingerprint density at radius 2 is 1.82 bits per heavy atom. The molecule has 3 rings (SSSR count).